The Bertz CT molecular complexity index is 736. The maximum absolute atomic E-state index is 10.6. The number of nitro groups is 1. The first-order chi connectivity index (χ1) is 9.24. The number of hydrogen-bond acceptors (Lipinski definition) is 6. The number of anilines is 2. The highest BCUT2D eigenvalue weighted by atomic mass is 16.6. The minimum Gasteiger partial charge on any atom is -0.340 e. The molecule has 0 atom stereocenters. The summed E-state index contributed by atoms with van der Waals surface area (Å²) >= 11 is 0. The fraction of sp³-hybridized carbons (Fsp3) is 0. The van der Waals surface area contributed by atoms with E-state index in [4.69, 9.17) is 0 Å². The third-order valence-corrected chi connectivity index (χ3v) is 2.59. The van der Waals surface area contributed by atoms with Gasteiger partial charge < -0.3 is 5.32 Å². The summed E-state index contributed by atoms with van der Waals surface area (Å²) in [6.07, 6.45) is 3.03. The van der Waals surface area contributed by atoms with E-state index in [1.807, 2.05) is 0 Å². The van der Waals surface area contributed by atoms with Crippen molar-refractivity contribution in [2.45, 2.75) is 0 Å². The largest absolute Gasteiger partial charge is 0.340 e. The standard InChI is InChI=1S/C11H8N6O2/c18-17(19)8-3-1-7(2-4-8)15-10-9-5-14-16-11(9)13-6-12-10/h1-6H,(H2,12,13,14,15,16). The van der Waals surface area contributed by atoms with Gasteiger partial charge in [0, 0.05) is 17.8 Å². The molecule has 2 N–H and O–H groups in total. The number of fused-ring (bicyclic) bond motifs is 1. The van der Waals surface area contributed by atoms with Crippen molar-refractivity contribution in [3.63, 3.8) is 0 Å². The van der Waals surface area contributed by atoms with Crippen LogP contribution in [-0.2, 0) is 0 Å². The Balaban J connectivity index is 1.92. The molecular weight excluding hydrogens is 248 g/mol. The lowest BCUT2D eigenvalue weighted by atomic mass is 10.3. The molecule has 0 saturated heterocycles. The van der Waals surface area contributed by atoms with Crippen LogP contribution >= 0.6 is 0 Å². The van der Waals surface area contributed by atoms with Crippen LogP contribution in [0.4, 0.5) is 17.2 Å². The van der Waals surface area contributed by atoms with Crippen LogP contribution in [0.3, 0.4) is 0 Å². The highest BCUT2D eigenvalue weighted by Crippen LogP contribution is 2.22. The minimum atomic E-state index is -0.442. The maximum atomic E-state index is 10.6. The van der Waals surface area contributed by atoms with E-state index in [2.05, 4.69) is 25.5 Å². The molecule has 2 aromatic heterocycles. The van der Waals surface area contributed by atoms with Crippen molar-refractivity contribution in [3.05, 3.63) is 46.9 Å². The Morgan fingerprint density at radius 2 is 2.00 bits per heavy atom. The normalized spacial score (nSPS) is 10.5. The van der Waals surface area contributed by atoms with Gasteiger partial charge in [-0.15, -0.1) is 0 Å². The van der Waals surface area contributed by atoms with Crippen LogP contribution in [-0.4, -0.2) is 25.1 Å². The van der Waals surface area contributed by atoms with Crippen molar-refractivity contribution < 1.29 is 4.92 Å². The van der Waals surface area contributed by atoms with E-state index in [1.54, 1.807) is 18.3 Å². The van der Waals surface area contributed by atoms with Crippen LogP contribution in [0.5, 0.6) is 0 Å². The Morgan fingerprint density at radius 1 is 1.21 bits per heavy atom. The molecule has 2 heterocycles. The lowest BCUT2D eigenvalue weighted by Gasteiger charge is -2.05. The summed E-state index contributed by atoms with van der Waals surface area (Å²) in [6.45, 7) is 0. The Hall–Kier alpha value is -3.03. The number of non-ortho nitro benzene ring substituents is 1. The van der Waals surface area contributed by atoms with Crippen LogP contribution < -0.4 is 5.32 Å². The summed E-state index contributed by atoms with van der Waals surface area (Å²) in [5, 5.41) is 21.0. The van der Waals surface area contributed by atoms with Crippen LogP contribution in [0.1, 0.15) is 0 Å². The molecule has 94 valence electrons. The number of aromatic amines is 1. The van der Waals surface area contributed by atoms with Crippen molar-refractivity contribution in [2.75, 3.05) is 5.32 Å². The quantitative estimate of drug-likeness (QED) is 0.547. The second-order valence-corrected chi connectivity index (χ2v) is 3.78. The van der Waals surface area contributed by atoms with E-state index < -0.39 is 4.92 Å². The van der Waals surface area contributed by atoms with Crippen molar-refractivity contribution in [1.82, 2.24) is 20.2 Å². The zero-order valence-corrected chi connectivity index (χ0v) is 9.57. The fourth-order valence-electron chi connectivity index (χ4n) is 1.67. The third kappa shape index (κ3) is 2.06. The van der Waals surface area contributed by atoms with Gasteiger partial charge in [0.2, 0.25) is 0 Å². The highest BCUT2D eigenvalue weighted by Gasteiger charge is 2.07. The molecule has 8 heteroatoms. The average molecular weight is 256 g/mol. The molecule has 0 unspecified atom stereocenters. The summed E-state index contributed by atoms with van der Waals surface area (Å²) in [4.78, 5) is 18.3. The lowest BCUT2D eigenvalue weighted by Crippen LogP contribution is -1.95. The zero-order chi connectivity index (χ0) is 13.2. The molecule has 8 nitrogen and oxygen atoms in total. The van der Waals surface area contributed by atoms with Gasteiger partial charge in [0.05, 0.1) is 16.5 Å². The predicted molar refractivity (Wildman–Crippen MR) is 68.1 cm³/mol. The van der Waals surface area contributed by atoms with E-state index in [9.17, 15) is 10.1 Å². The first-order valence-electron chi connectivity index (χ1n) is 5.39. The molecular formula is C11H8N6O2. The Kier molecular flexibility index (Phi) is 2.53. The zero-order valence-electron chi connectivity index (χ0n) is 9.57. The molecule has 0 amide bonds. The van der Waals surface area contributed by atoms with E-state index in [0.29, 0.717) is 17.2 Å². The number of nitrogens with one attached hydrogen (secondary N) is 2. The predicted octanol–water partition coefficient (Wildman–Crippen LogP) is 2.00. The van der Waals surface area contributed by atoms with Gasteiger partial charge in [0.15, 0.2) is 5.65 Å². The van der Waals surface area contributed by atoms with Gasteiger partial charge in [-0.1, -0.05) is 0 Å². The van der Waals surface area contributed by atoms with Gasteiger partial charge in [-0.25, -0.2) is 9.97 Å². The summed E-state index contributed by atoms with van der Waals surface area (Å²) in [7, 11) is 0. The fourth-order valence-corrected chi connectivity index (χ4v) is 1.67. The molecule has 0 spiro atoms. The third-order valence-electron chi connectivity index (χ3n) is 2.59. The average Bonchev–Trinajstić information content (AvgIpc) is 2.89. The first-order valence-corrected chi connectivity index (χ1v) is 5.39. The maximum Gasteiger partial charge on any atom is 0.269 e. The number of nitro benzene ring substituents is 1. The van der Waals surface area contributed by atoms with Gasteiger partial charge >= 0.3 is 0 Å². The molecule has 0 bridgehead atoms. The molecule has 3 aromatic rings. The van der Waals surface area contributed by atoms with Crippen molar-refractivity contribution in [2.24, 2.45) is 0 Å². The number of hydrogen-bond donors (Lipinski definition) is 2. The lowest BCUT2D eigenvalue weighted by molar-refractivity contribution is -0.384. The van der Waals surface area contributed by atoms with Crippen molar-refractivity contribution >= 4 is 28.2 Å². The second kappa shape index (κ2) is 4.33. The van der Waals surface area contributed by atoms with E-state index in [0.717, 1.165) is 5.39 Å². The first kappa shape index (κ1) is 11.1. The number of benzene rings is 1. The number of rotatable bonds is 3. The summed E-state index contributed by atoms with van der Waals surface area (Å²) in [6, 6.07) is 6.09. The van der Waals surface area contributed by atoms with Crippen molar-refractivity contribution in [1.29, 1.82) is 0 Å². The SMILES string of the molecule is O=[N+]([O-])c1ccc(Nc2ncnc3[nH]ncc23)cc1. The summed E-state index contributed by atoms with van der Waals surface area (Å²) in [5.41, 5.74) is 1.37. The minimum absolute atomic E-state index is 0.0432. The molecule has 0 saturated carbocycles. The summed E-state index contributed by atoms with van der Waals surface area (Å²) < 4.78 is 0. The van der Waals surface area contributed by atoms with Gasteiger partial charge in [-0.2, -0.15) is 5.10 Å². The number of H-pyrrole nitrogens is 1. The van der Waals surface area contributed by atoms with E-state index >= 15 is 0 Å². The topological polar surface area (TPSA) is 110 Å². The number of aromatic nitrogens is 4. The summed E-state index contributed by atoms with van der Waals surface area (Å²) in [5.74, 6) is 0.590. The second-order valence-electron chi connectivity index (χ2n) is 3.78. The Labute approximate surface area is 106 Å². The van der Waals surface area contributed by atoms with Crippen LogP contribution in [0, 0.1) is 10.1 Å². The van der Waals surface area contributed by atoms with Gasteiger partial charge in [-0.3, -0.25) is 15.2 Å². The molecule has 19 heavy (non-hydrogen) atoms. The molecule has 0 fully saturated rings. The highest BCUT2D eigenvalue weighted by molar-refractivity contribution is 5.87. The Morgan fingerprint density at radius 3 is 2.74 bits per heavy atom. The molecule has 1 aromatic carbocycles. The molecule has 3 rings (SSSR count). The smallest absolute Gasteiger partial charge is 0.269 e. The van der Waals surface area contributed by atoms with Gasteiger partial charge in [0.25, 0.3) is 5.69 Å². The monoisotopic (exact) mass is 256 g/mol. The van der Waals surface area contributed by atoms with E-state index in [1.165, 1.54) is 18.5 Å². The van der Waals surface area contributed by atoms with Gasteiger partial charge in [0.1, 0.15) is 12.1 Å². The van der Waals surface area contributed by atoms with Gasteiger partial charge in [-0.05, 0) is 12.1 Å². The van der Waals surface area contributed by atoms with Crippen molar-refractivity contribution in [3.8, 4) is 0 Å². The van der Waals surface area contributed by atoms with Crippen LogP contribution in [0.2, 0.25) is 0 Å². The number of nitrogens with zero attached hydrogens (tertiary/aromatic N) is 4. The van der Waals surface area contributed by atoms with Crippen LogP contribution in [0.25, 0.3) is 11.0 Å². The molecule has 0 radical (unpaired) electrons. The molecule has 0 aliphatic rings. The van der Waals surface area contributed by atoms with E-state index in [-0.39, 0.29) is 5.69 Å². The molecule has 0 aliphatic carbocycles. The molecule has 0 aliphatic heterocycles. The van der Waals surface area contributed by atoms with Crippen LogP contribution in [0.15, 0.2) is 36.8 Å².